The lowest BCUT2D eigenvalue weighted by atomic mass is 10.0. The maximum absolute atomic E-state index is 6.17. The summed E-state index contributed by atoms with van der Waals surface area (Å²) in [5.41, 5.74) is 8.50. The largest absolute Gasteiger partial charge is 0.349 e. The Bertz CT molecular complexity index is 538. The van der Waals surface area contributed by atoms with Gasteiger partial charge in [-0.2, -0.15) is 0 Å². The summed E-state index contributed by atoms with van der Waals surface area (Å²) >= 11 is 6.11. The van der Waals surface area contributed by atoms with Gasteiger partial charge in [-0.25, -0.2) is 0 Å². The van der Waals surface area contributed by atoms with Crippen molar-refractivity contribution in [1.29, 1.82) is 0 Å². The summed E-state index contributed by atoms with van der Waals surface area (Å²) < 4.78 is 2.05. The van der Waals surface area contributed by atoms with Crippen molar-refractivity contribution in [3.8, 4) is 0 Å². The van der Waals surface area contributed by atoms with E-state index in [2.05, 4.69) is 18.2 Å². The highest BCUT2D eigenvalue weighted by molar-refractivity contribution is 6.35. The number of benzene rings is 1. The third-order valence-electron chi connectivity index (χ3n) is 3.31. The Hall–Kier alpha value is -0.990. The summed E-state index contributed by atoms with van der Waals surface area (Å²) in [6.45, 7) is 0. The van der Waals surface area contributed by atoms with Crippen LogP contribution in [0.15, 0.2) is 24.4 Å². The summed E-state index contributed by atoms with van der Waals surface area (Å²) in [7, 11) is 2.01. The molecule has 1 fully saturated rings. The summed E-state index contributed by atoms with van der Waals surface area (Å²) in [5.74, 6) is 0. The number of aryl methyl sites for hydroxylation is 1. The fourth-order valence-corrected chi connectivity index (χ4v) is 2.37. The van der Waals surface area contributed by atoms with E-state index in [1.165, 1.54) is 5.56 Å². The van der Waals surface area contributed by atoms with Gasteiger partial charge in [-0.1, -0.05) is 23.7 Å². The van der Waals surface area contributed by atoms with Crippen molar-refractivity contribution < 1.29 is 0 Å². The summed E-state index contributed by atoms with van der Waals surface area (Å²) in [6.07, 6.45) is 4.12. The van der Waals surface area contributed by atoms with Gasteiger partial charge in [0.2, 0.25) is 0 Å². The molecule has 1 aliphatic carbocycles. The zero-order chi connectivity index (χ0) is 10.6. The van der Waals surface area contributed by atoms with Crippen LogP contribution in [-0.2, 0) is 12.6 Å². The first-order valence-corrected chi connectivity index (χ1v) is 5.52. The highest BCUT2D eigenvalue weighted by Gasteiger charge is 2.40. The summed E-state index contributed by atoms with van der Waals surface area (Å²) in [5, 5.41) is 1.91. The summed E-state index contributed by atoms with van der Waals surface area (Å²) in [4.78, 5) is 0. The second-order valence-corrected chi connectivity index (χ2v) is 4.88. The Morgan fingerprint density at radius 2 is 2.13 bits per heavy atom. The second-order valence-electron chi connectivity index (χ2n) is 4.48. The van der Waals surface area contributed by atoms with E-state index in [9.17, 15) is 0 Å². The van der Waals surface area contributed by atoms with E-state index in [4.69, 9.17) is 17.3 Å². The molecule has 0 bridgehead atoms. The number of nitrogens with zero attached hydrogens (tertiary/aromatic N) is 1. The van der Waals surface area contributed by atoms with E-state index >= 15 is 0 Å². The SMILES string of the molecule is Cn1cc(Cl)c2ccc(C3(N)CC3)cc21. The van der Waals surface area contributed by atoms with Crippen molar-refractivity contribution >= 4 is 22.5 Å². The lowest BCUT2D eigenvalue weighted by molar-refractivity contribution is 0.740. The molecule has 1 saturated carbocycles. The van der Waals surface area contributed by atoms with Gasteiger partial charge in [-0.05, 0) is 24.5 Å². The lowest BCUT2D eigenvalue weighted by Crippen LogP contribution is -2.18. The minimum Gasteiger partial charge on any atom is -0.349 e. The second kappa shape index (κ2) is 2.77. The van der Waals surface area contributed by atoms with Crippen LogP contribution in [0.1, 0.15) is 18.4 Å². The van der Waals surface area contributed by atoms with Crippen molar-refractivity contribution in [1.82, 2.24) is 4.57 Å². The van der Waals surface area contributed by atoms with Crippen LogP contribution in [0.4, 0.5) is 0 Å². The van der Waals surface area contributed by atoms with E-state index in [1.807, 2.05) is 17.8 Å². The average Bonchev–Trinajstić information content (AvgIpc) is 2.90. The van der Waals surface area contributed by atoms with Crippen LogP contribution in [0.25, 0.3) is 10.9 Å². The highest BCUT2D eigenvalue weighted by atomic mass is 35.5. The highest BCUT2D eigenvalue weighted by Crippen LogP contribution is 2.43. The zero-order valence-electron chi connectivity index (χ0n) is 8.63. The molecule has 0 saturated heterocycles. The topological polar surface area (TPSA) is 30.9 Å². The molecule has 0 amide bonds. The van der Waals surface area contributed by atoms with Crippen molar-refractivity contribution in [3.05, 3.63) is 35.0 Å². The first-order chi connectivity index (χ1) is 7.10. The van der Waals surface area contributed by atoms with Crippen LogP contribution in [0, 0.1) is 0 Å². The molecule has 0 radical (unpaired) electrons. The molecule has 2 aromatic rings. The number of aromatic nitrogens is 1. The van der Waals surface area contributed by atoms with Crippen LogP contribution in [0.2, 0.25) is 5.02 Å². The zero-order valence-corrected chi connectivity index (χ0v) is 9.38. The standard InChI is InChI=1S/C12H13ClN2/c1-15-7-10(13)9-3-2-8(6-11(9)15)12(14)4-5-12/h2-3,6-7H,4-5,14H2,1H3. The predicted molar refractivity (Wildman–Crippen MR) is 63.0 cm³/mol. The Kier molecular flexibility index (Phi) is 1.71. The molecule has 3 heteroatoms. The molecule has 1 aromatic heterocycles. The van der Waals surface area contributed by atoms with Gasteiger partial charge >= 0.3 is 0 Å². The van der Waals surface area contributed by atoms with Crippen LogP contribution in [-0.4, -0.2) is 4.57 Å². The molecule has 0 aliphatic heterocycles. The van der Waals surface area contributed by atoms with Gasteiger partial charge in [0.15, 0.2) is 0 Å². The van der Waals surface area contributed by atoms with Gasteiger partial charge < -0.3 is 10.3 Å². The third-order valence-corrected chi connectivity index (χ3v) is 3.61. The number of hydrogen-bond donors (Lipinski definition) is 1. The van der Waals surface area contributed by atoms with Gasteiger partial charge in [0.25, 0.3) is 0 Å². The quantitative estimate of drug-likeness (QED) is 0.787. The minimum absolute atomic E-state index is 0.0645. The van der Waals surface area contributed by atoms with E-state index in [-0.39, 0.29) is 5.54 Å². The summed E-state index contributed by atoms with van der Waals surface area (Å²) in [6, 6.07) is 6.33. The van der Waals surface area contributed by atoms with E-state index in [0.717, 1.165) is 28.8 Å². The number of nitrogens with two attached hydrogens (primary N) is 1. The number of hydrogen-bond acceptors (Lipinski definition) is 1. The fraction of sp³-hybridized carbons (Fsp3) is 0.333. The van der Waals surface area contributed by atoms with E-state index < -0.39 is 0 Å². The molecule has 1 aromatic carbocycles. The number of halogens is 1. The van der Waals surface area contributed by atoms with Gasteiger partial charge in [0, 0.05) is 29.7 Å². The Morgan fingerprint density at radius 3 is 2.80 bits per heavy atom. The van der Waals surface area contributed by atoms with Gasteiger partial charge in [0.05, 0.1) is 5.02 Å². The first-order valence-electron chi connectivity index (χ1n) is 5.14. The molecule has 2 N–H and O–H groups in total. The molecule has 2 nitrogen and oxygen atoms in total. The minimum atomic E-state index is -0.0645. The molecular weight excluding hydrogens is 208 g/mol. The van der Waals surface area contributed by atoms with Crippen molar-refractivity contribution in [2.45, 2.75) is 18.4 Å². The predicted octanol–water partition coefficient (Wildman–Crippen LogP) is 2.78. The Labute approximate surface area is 93.6 Å². The normalized spacial score (nSPS) is 18.3. The molecule has 3 rings (SSSR count). The number of rotatable bonds is 1. The Morgan fingerprint density at radius 1 is 1.40 bits per heavy atom. The van der Waals surface area contributed by atoms with Crippen molar-refractivity contribution in [2.24, 2.45) is 12.8 Å². The smallest absolute Gasteiger partial charge is 0.0661 e. The monoisotopic (exact) mass is 220 g/mol. The molecule has 0 unspecified atom stereocenters. The average molecular weight is 221 g/mol. The molecule has 78 valence electrons. The maximum atomic E-state index is 6.17. The molecular formula is C12H13ClN2. The fourth-order valence-electron chi connectivity index (χ4n) is 2.07. The molecule has 15 heavy (non-hydrogen) atoms. The van der Waals surface area contributed by atoms with E-state index in [0.29, 0.717) is 0 Å². The van der Waals surface area contributed by atoms with E-state index in [1.54, 1.807) is 0 Å². The van der Waals surface area contributed by atoms with Crippen LogP contribution < -0.4 is 5.73 Å². The lowest BCUT2D eigenvalue weighted by Gasteiger charge is -2.09. The Balaban J connectivity index is 2.25. The van der Waals surface area contributed by atoms with Crippen molar-refractivity contribution in [2.75, 3.05) is 0 Å². The van der Waals surface area contributed by atoms with Gasteiger partial charge in [0.1, 0.15) is 0 Å². The van der Waals surface area contributed by atoms with Crippen LogP contribution in [0.5, 0.6) is 0 Å². The van der Waals surface area contributed by atoms with Gasteiger partial charge in [-0.15, -0.1) is 0 Å². The molecule has 1 aliphatic rings. The third kappa shape index (κ3) is 1.29. The molecule has 1 heterocycles. The molecule has 0 spiro atoms. The maximum Gasteiger partial charge on any atom is 0.0661 e. The van der Waals surface area contributed by atoms with Crippen LogP contribution >= 0.6 is 11.6 Å². The number of fused-ring (bicyclic) bond motifs is 1. The van der Waals surface area contributed by atoms with Gasteiger partial charge in [-0.3, -0.25) is 0 Å². The first kappa shape index (κ1) is 9.25. The van der Waals surface area contributed by atoms with Crippen LogP contribution in [0.3, 0.4) is 0 Å². The van der Waals surface area contributed by atoms with Crippen molar-refractivity contribution in [3.63, 3.8) is 0 Å². The molecule has 0 atom stereocenters.